The second kappa shape index (κ2) is 10.9. The van der Waals surface area contributed by atoms with Gasteiger partial charge in [0.25, 0.3) is 5.91 Å². The normalized spacial score (nSPS) is 10.5. The quantitative estimate of drug-likeness (QED) is 0.319. The number of aldehydes is 1. The third-order valence-corrected chi connectivity index (χ3v) is 5.49. The Morgan fingerprint density at radius 1 is 1.15 bits per heavy atom. The summed E-state index contributed by atoms with van der Waals surface area (Å²) in [7, 11) is 3.75. The maximum Gasteiger partial charge on any atom is 0.275 e. The Labute approximate surface area is 209 Å². The summed E-state index contributed by atoms with van der Waals surface area (Å²) in [4.78, 5) is 29.2. The molecule has 170 valence electrons. The van der Waals surface area contributed by atoms with Crippen LogP contribution < -0.4 is 10.6 Å². The van der Waals surface area contributed by atoms with Crippen molar-refractivity contribution in [1.29, 1.82) is 0 Å². The monoisotopic (exact) mass is 547 g/mol. The van der Waals surface area contributed by atoms with Crippen LogP contribution >= 0.6 is 39.1 Å². The van der Waals surface area contributed by atoms with Crippen molar-refractivity contribution >= 4 is 67.9 Å². The molecule has 0 fully saturated rings. The van der Waals surface area contributed by atoms with Crippen LogP contribution in [0.4, 0.5) is 5.69 Å². The van der Waals surface area contributed by atoms with Gasteiger partial charge in [0.1, 0.15) is 5.69 Å². The molecule has 10 heteroatoms. The Balaban J connectivity index is 0.000000968. The number of nitrogens with zero attached hydrogens (tertiary/aromatic N) is 3. The molecule has 4 rings (SSSR count). The van der Waals surface area contributed by atoms with Crippen molar-refractivity contribution in [3.63, 3.8) is 0 Å². The molecule has 0 spiro atoms. The van der Waals surface area contributed by atoms with Crippen LogP contribution in [0, 0.1) is 6.92 Å². The van der Waals surface area contributed by atoms with Crippen molar-refractivity contribution < 1.29 is 9.59 Å². The number of aromatic nitrogens is 3. The first-order valence-corrected chi connectivity index (χ1v) is 11.3. The van der Waals surface area contributed by atoms with Crippen LogP contribution in [0.5, 0.6) is 0 Å². The minimum Gasteiger partial charge on any atom is -0.323 e. The molecule has 0 bridgehead atoms. The van der Waals surface area contributed by atoms with Crippen molar-refractivity contribution in [2.45, 2.75) is 6.92 Å². The summed E-state index contributed by atoms with van der Waals surface area (Å²) < 4.78 is 2.19. The number of rotatable bonds is 4. The second-order valence-corrected chi connectivity index (χ2v) is 8.75. The Morgan fingerprint density at radius 2 is 1.88 bits per heavy atom. The van der Waals surface area contributed by atoms with E-state index in [0.717, 1.165) is 4.47 Å². The molecule has 0 unspecified atom stereocenters. The van der Waals surface area contributed by atoms with Gasteiger partial charge in [-0.25, -0.2) is 9.67 Å². The second-order valence-electron chi connectivity index (χ2n) is 6.99. The zero-order valence-electron chi connectivity index (χ0n) is 18.0. The smallest absolute Gasteiger partial charge is 0.275 e. The number of nitrogens with one attached hydrogen (secondary N) is 2. The van der Waals surface area contributed by atoms with Gasteiger partial charge in [-0.05, 0) is 69.0 Å². The molecule has 2 heterocycles. The molecule has 0 atom stereocenters. The van der Waals surface area contributed by atoms with Crippen LogP contribution in [-0.2, 0) is 0 Å². The van der Waals surface area contributed by atoms with E-state index in [1.165, 1.54) is 10.7 Å². The number of aryl methyl sites for hydroxylation is 1. The molecule has 0 saturated heterocycles. The molecule has 0 aliphatic rings. The number of hydrogen-bond acceptors (Lipinski definition) is 5. The molecule has 2 aromatic heterocycles. The lowest BCUT2D eigenvalue weighted by atomic mass is 10.1. The van der Waals surface area contributed by atoms with E-state index in [1.807, 2.05) is 20.2 Å². The van der Waals surface area contributed by atoms with Crippen LogP contribution in [0.3, 0.4) is 0 Å². The molecule has 0 aliphatic heterocycles. The Morgan fingerprint density at radius 3 is 2.55 bits per heavy atom. The molecule has 0 saturated carbocycles. The van der Waals surface area contributed by atoms with Crippen molar-refractivity contribution in [1.82, 2.24) is 20.1 Å². The van der Waals surface area contributed by atoms with E-state index in [2.05, 4.69) is 36.6 Å². The van der Waals surface area contributed by atoms with Crippen molar-refractivity contribution in [2.24, 2.45) is 0 Å². The Bertz CT molecular complexity index is 1340. The highest BCUT2D eigenvalue weighted by Gasteiger charge is 2.23. The number of amides is 1. The summed E-state index contributed by atoms with van der Waals surface area (Å²) in [6.45, 7) is 1.76. The number of pyridine rings is 1. The topological polar surface area (TPSA) is 88.9 Å². The first-order valence-electron chi connectivity index (χ1n) is 9.75. The lowest BCUT2D eigenvalue weighted by Crippen LogP contribution is -2.19. The van der Waals surface area contributed by atoms with Gasteiger partial charge in [0.15, 0.2) is 12.1 Å². The zero-order valence-corrected chi connectivity index (χ0v) is 21.1. The summed E-state index contributed by atoms with van der Waals surface area (Å²) in [5.41, 5.74) is 2.14. The molecule has 4 aromatic rings. The van der Waals surface area contributed by atoms with E-state index in [1.54, 1.807) is 43.5 Å². The van der Waals surface area contributed by atoms with Gasteiger partial charge in [-0.1, -0.05) is 39.1 Å². The molecular weight excluding hydrogens is 529 g/mol. The van der Waals surface area contributed by atoms with E-state index < -0.39 is 5.91 Å². The largest absolute Gasteiger partial charge is 0.323 e. The molecule has 2 aromatic carbocycles. The number of carbonyl (C=O) groups is 2. The Hall–Kier alpha value is -2.78. The number of anilines is 1. The number of fused-ring (bicyclic) bond motifs is 1. The predicted octanol–water partition coefficient (Wildman–Crippen LogP) is 5.70. The van der Waals surface area contributed by atoms with Crippen LogP contribution in [-0.4, -0.2) is 41.1 Å². The molecule has 2 N–H and O–H groups in total. The molecule has 0 aliphatic carbocycles. The summed E-state index contributed by atoms with van der Waals surface area (Å²) >= 11 is 15.8. The fraction of sp³-hybridized carbons (Fsp3) is 0.130. The van der Waals surface area contributed by atoms with Gasteiger partial charge in [0.2, 0.25) is 0 Å². The van der Waals surface area contributed by atoms with E-state index in [-0.39, 0.29) is 11.3 Å². The zero-order chi connectivity index (χ0) is 24.1. The van der Waals surface area contributed by atoms with E-state index in [4.69, 9.17) is 23.2 Å². The third kappa shape index (κ3) is 5.42. The molecular formula is C23H20BrCl2N5O2. The number of carbonyl (C=O) groups excluding carboxylic acids is 2. The van der Waals surface area contributed by atoms with Gasteiger partial charge in [0, 0.05) is 26.6 Å². The van der Waals surface area contributed by atoms with Gasteiger partial charge in [-0.2, -0.15) is 5.10 Å². The van der Waals surface area contributed by atoms with Crippen molar-refractivity contribution in [3.05, 3.63) is 80.0 Å². The molecule has 7 nitrogen and oxygen atoms in total. The minimum atomic E-state index is -0.467. The fourth-order valence-corrected chi connectivity index (χ4v) is 4.01. The highest BCUT2D eigenvalue weighted by molar-refractivity contribution is 9.10. The average molecular weight is 549 g/mol. The molecule has 33 heavy (non-hydrogen) atoms. The molecule has 1 amide bonds. The minimum absolute atomic E-state index is 0.234. The predicted molar refractivity (Wildman–Crippen MR) is 136 cm³/mol. The fourth-order valence-electron chi connectivity index (χ4n) is 3.17. The van der Waals surface area contributed by atoms with E-state index in [0.29, 0.717) is 44.3 Å². The first kappa shape index (κ1) is 24.9. The lowest BCUT2D eigenvalue weighted by Gasteiger charge is -2.13. The summed E-state index contributed by atoms with van der Waals surface area (Å²) in [6.07, 6.45) is 2.22. The summed E-state index contributed by atoms with van der Waals surface area (Å²) in [6, 6.07) is 11.9. The SMILES string of the molecule is CNC.Cc1cc(Cl)cc(C=O)c1NC(=O)c1c2cc(Br)ccc2nn1-c1ncccc1Cl. The van der Waals surface area contributed by atoms with Crippen LogP contribution in [0.25, 0.3) is 16.7 Å². The van der Waals surface area contributed by atoms with Crippen LogP contribution in [0.1, 0.15) is 26.4 Å². The van der Waals surface area contributed by atoms with Crippen LogP contribution in [0.2, 0.25) is 10.0 Å². The first-order chi connectivity index (χ1) is 15.8. The van der Waals surface area contributed by atoms with Crippen LogP contribution in [0.15, 0.2) is 53.1 Å². The lowest BCUT2D eigenvalue weighted by molar-refractivity contribution is 0.102. The maximum absolute atomic E-state index is 13.4. The van der Waals surface area contributed by atoms with Gasteiger partial charge < -0.3 is 10.6 Å². The highest BCUT2D eigenvalue weighted by atomic mass is 79.9. The average Bonchev–Trinajstić information content (AvgIpc) is 3.14. The van der Waals surface area contributed by atoms with Gasteiger partial charge in [-0.15, -0.1) is 0 Å². The third-order valence-electron chi connectivity index (χ3n) is 4.48. The van der Waals surface area contributed by atoms with Crippen molar-refractivity contribution in [3.8, 4) is 5.82 Å². The van der Waals surface area contributed by atoms with E-state index >= 15 is 0 Å². The molecule has 0 radical (unpaired) electrons. The maximum atomic E-state index is 13.4. The standard InChI is InChI=1S/C21H13BrCl2N4O2.C2H7N/c1-11-7-14(23)8-12(10-29)18(11)26-21(30)19-15-9-13(22)4-5-17(15)27-28(19)20-16(24)3-2-6-25-20;1-3-2/h2-10H,1H3,(H,26,30);3H,1-2H3. The summed E-state index contributed by atoms with van der Waals surface area (Å²) in [5, 5.41) is 11.5. The highest BCUT2D eigenvalue weighted by Crippen LogP contribution is 2.30. The Kier molecular flexibility index (Phi) is 8.20. The van der Waals surface area contributed by atoms with E-state index in [9.17, 15) is 9.59 Å². The number of benzene rings is 2. The summed E-state index contributed by atoms with van der Waals surface area (Å²) in [5.74, 6) is -0.147. The number of halogens is 3. The number of hydrogen-bond donors (Lipinski definition) is 2. The van der Waals surface area contributed by atoms with Gasteiger partial charge >= 0.3 is 0 Å². The van der Waals surface area contributed by atoms with Gasteiger partial charge in [0.05, 0.1) is 16.2 Å². The van der Waals surface area contributed by atoms with Crippen molar-refractivity contribution in [2.75, 3.05) is 19.4 Å². The van der Waals surface area contributed by atoms with Gasteiger partial charge in [-0.3, -0.25) is 9.59 Å².